The van der Waals surface area contributed by atoms with Crippen LogP contribution in [0.3, 0.4) is 0 Å². The molecule has 27 heavy (non-hydrogen) atoms. The lowest BCUT2D eigenvalue weighted by atomic mass is 10.00. The van der Waals surface area contributed by atoms with Gasteiger partial charge >= 0.3 is 0 Å². The topological polar surface area (TPSA) is 83.6 Å². The van der Waals surface area contributed by atoms with Gasteiger partial charge in [-0.2, -0.15) is 0 Å². The highest BCUT2D eigenvalue weighted by Gasteiger charge is 2.30. The molecule has 2 N–H and O–H groups in total. The average molecular weight is 457 g/mol. The van der Waals surface area contributed by atoms with Crippen LogP contribution in [0.25, 0.3) is 11.0 Å². The van der Waals surface area contributed by atoms with Crippen molar-refractivity contribution in [2.45, 2.75) is 57.4 Å². The first-order chi connectivity index (χ1) is 12.8. The SMILES string of the molecule is C[Si](C)(C)CCOCn1cc(Br)c2c(N3CCC(O)C[C@H]3CO)ncnc21. The third kappa shape index (κ3) is 4.89. The van der Waals surface area contributed by atoms with Crippen molar-refractivity contribution in [2.24, 2.45) is 0 Å². The molecular weight excluding hydrogens is 428 g/mol. The molecule has 2 aromatic rings. The van der Waals surface area contributed by atoms with Gasteiger partial charge in [0.25, 0.3) is 0 Å². The number of rotatable bonds is 7. The first-order valence-electron chi connectivity index (χ1n) is 9.43. The standard InChI is InChI=1S/C18H29BrN4O3Si/c1-27(2,3)7-6-26-12-22-9-15(19)16-17(22)20-11-21-18(16)23-5-4-14(25)8-13(23)10-24/h9,11,13-14,24-25H,4-8,10,12H2,1-3H3/t13-,14?/m0/s1. The molecule has 0 saturated carbocycles. The molecular formula is C18H29BrN4O3Si. The fourth-order valence-electron chi connectivity index (χ4n) is 3.40. The molecule has 7 nitrogen and oxygen atoms in total. The Morgan fingerprint density at radius 2 is 2.11 bits per heavy atom. The first-order valence-corrected chi connectivity index (χ1v) is 13.9. The molecule has 3 rings (SSSR count). The van der Waals surface area contributed by atoms with E-state index in [2.05, 4.69) is 50.4 Å². The monoisotopic (exact) mass is 456 g/mol. The Bertz CT molecular complexity index is 780. The summed E-state index contributed by atoms with van der Waals surface area (Å²) in [4.78, 5) is 11.0. The molecule has 9 heteroatoms. The number of aromatic nitrogens is 3. The van der Waals surface area contributed by atoms with Crippen LogP contribution in [0.15, 0.2) is 17.0 Å². The normalized spacial score (nSPS) is 21.2. The maximum absolute atomic E-state index is 9.93. The molecule has 2 atom stereocenters. The van der Waals surface area contributed by atoms with Gasteiger partial charge in [0.1, 0.15) is 24.5 Å². The van der Waals surface area contributed by atoms with E-state index in [4.69, 9.17) is 4.74 Å². The van der Waals surface area contributed by atoms with Crippen LogP contribution in [-0.4, -0.2) is 64.7 Å². The molecule has 1 unspecified atom stereocenters. The molecule has 1 fully saturated rings. The van der Waals surface area contributed by atoms with Crippen LogP contribution in [0.4, 0.5) is 5.82 Å². The van der Waals surface area contributed by atoms with Crippen LogP contribution in [0.5, 0.6) is 0 Å². The number of ether oxygens (including phenoxy) is 1. The van der Waals surface area contributed by atoms with E-state index >= 15 is 0 Å². The lowest BCUT2D eigenvalue weighted by molar-refractivity contribution is 0.0898. The second-order valence-electron chi connectivity index (χ2n) is 8.40. The van der Waals surface area contributed by atoms with Gasteiger partial charge in [0.05, 0.1) is 24.1 Å². The predicted molar refractivity (Wildman–Crippen MR) is 113 cm³/mol. The first kappa shape index (κ1) is 20.7. The third-order valence-corrected chi connectivity index (χ3v) is 7.29. The van der Waals surface area contributed by atoms with Gasteiger partial charge < -0.3 is 24.4 Å². The Kier molecular flexibility index (Phi) is 6.57. The third-order valence-electron chi connectivity index (χ3n) is 4.99. The highest BCUT2D eigenvalue weighted by molar-refractivity contribution is 9.10. The minimum Gasteiger partial charge on any atom is -0.394 e. The van der Waals surface area contributed by atoms with Gasteiger partial charge in [-0.25, -0.2) is 9.97 Å². The molecule has 1 aliphatic heterocycles. The zero-order valence-electron chi connectivity index (χ0n) is 16.2. The summed E-state index contributed by atoms with van der Waals surface area (Å²) >= 11 is 3.64. The summed E-state index contributed by atoms with van der Waals surface area (Å²) in [5.41, 5.74) is 0.808. The van der Waals surface area contributed by atoms with E-state index in [0.717, 1.165) is 34.0 Å². The molecule has 0 amide bonds. The molecule has 1 aliphatic rings. The lowest BCUT2D eigenvalue weighted by Crippen LogP contribution is -2.47. The number of hydrogen-bond donors (Lipinski definition) is 2. The van der Waals surface area contributed by atoms with E-state index in [1.165, 1.54) is 0 Å². The summed E-state index contributed by atoms with van der Waals surface area (Å²) < 4.78 is 8.78. The van der Waals surface area contributed by atoms with Gasteiger partial charge in [-0.3, -0.25) is 0 Å². The Balaban J connectivity index is 1.83. The molecule has 150 valence electrons. The lowest BCUT2D eigenvalue weighted by Gasteiger charge is -2.38. The summed E-state index contributed by atoms with van der Waals surface area (Å²) in [6, 6.07) is 0.983. The molecule has 1 saturated heterocycles. The molecule has 0 aromatic carbocycles. The summed E-state index contributed by atoms with van der Waals surface area (Å²) in [6.45, 7) is 8.86. The van der Waals surface area contributed by atoms with Crippen molar-refractivity contribution in [3.05, 3.63) is 17.0 Å². The molecule has 2 aromatic heterocycles. The number of hydrogen-bond acceptors (Lipinski definition) is 6. The number of piperidine rings is 1. The summed E-state index contributed by atoms with van der Waals surface area (Å²) in [5, 5.41) is 20.6. The summed E-state index contributed by atoms with van der Waals surface area (Å²) in [5.74, 6) is 0.790. The molecule has 0 radical (unpaired) electrons. The van der Waals surface area contributed by atoms with Crippen molar-refractivity contribution in [3.8, 4) is 0 Å². The Morgan fingerprint density at radius 1 is 1.33 bits per heavy atom. The zero-order valence-corrected chi connectivity index (χ0v) is 18.8. The minimum atomic E-state index is -1.11. The van der Waals surface area contributed by atoms with Crippen LogP contribution in [-0.2, 0) is 11.5 Å². The van der Waals surface area contributed by atoms with E-state index in [1.54, 1.807) is 6.33 Å². The van der Waals surface area contributed by atoms with Crippen LogP contribution in [0, 0.1) is 0 Å². The Hall–Kier alpha value is -1.00. The van der Waals surface area contributed by atoms with E-state index in [9.17, 15) is 10.2 Å². The second kappa shape index (κ2) is 8.56. The van der Waals surface area contributed by atoms with Crippen molar-refractivity contribution in [1.29, 1.82) is 0 Å². The molecule has 0 aliphatic carbocycles. The predicted octanol–water partition coefficient (Wildman–Crippen LogP) is 2.83. The van der Waals surface area contributed by atoms with Crippen LogP contribution < -0.4 is 4.90 Å². The van der Waals surface area contributed by atoms with Crippen LogP contribution >= 0.6 is 15.9 Å². The maximum Gasteiger partial charge on any atom is 0.148 e. The van der Waals surface area contributed by atoms with Gasteiger partial charge in [-0.15, -0.1) is 0 Å². The Labute approximate surface area is 169 Å². The number of aliphatic hydroxyl groups is 2. The van der Waals surface area contributed by atoms with E-state index in [-0.39, 0.29) is 18.8 Å². The van der Waals surface area contributed by atoms with Crippen molar-refractivity contribution >= 4 is 40.9 Å². The molecule has 3 heterocycles. The van der Waals surface area contributed by atoms with Crippen LogP contribution in [0.2, 0.25) is 25.7 Å². The number of nitrogens with zero attached hydrogens (tertiary/aromatic N) is 4. The fourth-order valence-corrected chi connectivity index (χ4v) is 4.76. The maximum atomic E-state index is 9.93. The largest absolute Gasteiger partial charge is 0.394 e. The average Bonchev–Trinajstić information content (AvgIpc) is 2.94. The highest BCUT2D eigenvalue weighted by Crippen LogP contribution is 2.34. The number of fused-ring (bicyclic) bond motifs is 1. The smallest absolute Gasteiger partial charge is 0.148 e. The van der Waals surface area contributed by atoms with Crippen molar-refractivity contribution < 1.29 is 14.9 Å². The van der Waals surface area contributed by atoms with Gasteiger partial charge in [0.15, 0.2) is 0 Å². The number of halogens is 1. The van der Waals surface area contributed by atoms with Crippen molar-refractivity contribution in [3.63, 3.8) is 0 Å². The van der Waals surface area contributed by atoms with Crippen LogP contribution in [0.1, 0.15) is 12.8 Å². The van der Waals surface area contributed by atoms with Crippen molar-refractivity contribution in [1.82, 2.24) is 14.5 Å². The highest BCUT2D eigenvalue weighted by atomic mass is 79.9. The van der Waals surface area contributed by atoms with E-state index < -0.39 is 8.07 Å². The van der Waals surface area contributed by atoms with E-state index in [1.807, 2.05) is 10.8 Å². The fraction of sp³-hybridized carbons (Fsp3) is 0.667. The Morgan fingerprint density at radius 3 is 2.81 bits per heavy atom. The van der Waals surface area contributed by atoms with Gasteiger partial charge in [-0.05, 0) is 34.8 Å². The van der Waals surface area contributed by atoms with E-state index in [0.29, 0.717) is 26.1 Å². The number of aliphatic hydroxyl groups excluding tert-OH is 2. The van der Waals surface area contributed by atoms with Crippen molar-refractivity contribution in [2.75, 3.05) is 24.7 Å². The quantitative estimate of drug-likeness (QED) is 0.492. The minimum absolute atomic E-state index is 0.0132. The molecule has 0 spiro atoms. The zero-order chi connectivity index (χ0) is 19.6. The molecule has 0 bridgehead atoms. The second-order valence-corrected chi connectivity index (χ2v) is 14.9. The summed E-state index contributed by atoms with van der Waals surface area (Å²) in [6.07, 6.45) is 4.37. The van der Waals surface area contributed by atoms with Gasteiger partial charge in [0.2, 0.25) is 0 Å². The summed E-state index contributed by atoms with van der Waals surface area (Å²) in [7, 11) is -1.11. The van der Waals surface area contributed by atoms with Gasteiger partial charge in [0, 0.05) is 31.9 Å². The number of anilines is 1. The van der Waals surface area contributed by atoms with Gasteiger partial charge in [-0.1, -0.05) is 19.6 Å².